The summed E-state index contributed by atoms with van der Waals surface area (Å²) in [6, 6.07) is 10.3. The van der Waals surface area contributed by atoms with E-state index in [4.69, 9.17) is 0 Å². The van der Waals surface area contributed by atoms with Gasteiger partial charge in [-0.25, -0.2) is 0 Å². The Balaban J connectivity index is 1.29. The highest BCUT2D eigenvalue weighted by molar-refractivity contribution is 5.80. The van der Waals surface area contributed by atoms with Crippen LogP contribution in [0, 0.1) is 11.8 Å². The molecule has 2 atom stereocenters. The van der Waals surface area contributed by atoms with Gasteiger partial charge >= 0.3 is 0 Å². The summed E-state index contributed by atoms with van der Waals surface area (Å²) in [5, 5.41) is 0. The molecule has 1 heterocycles. The number of likely N-dealkylation sites (tertiary alicyclic amines) is 1. The number of Topliss-reactive ketones (excluding diaryl/α,β-unsaturated/α-hetero) is 1. The molecular weight excluding hydrogens is 322 g/mol. The maximum Gasteiger partial charge on any atom is 0.222 e. The van der Waals surface area contributed by atoms with Crippen molar-refractivity contribution in [2.24, 2.45) is 11.8 Å². The third-order valence-corrected chi connectivity index (χ3v) is 6.25. The van der Waals surface area contributed by atoms with E-state index in [1.165, 1.54) is 37.7 Å². The molecule has 1 saturated carbocycles. The quantitative estimate of drug-likeness (QED) is 0.672. The first-order valence-corrected chi connectivity index (χ1v) is 10.6. The third-order valence-electron chi connectivity index (χ3n) is 6.25. The Morgan fingerprint density at radius 1 is 0.885 bits per heavy atom. The first-order chi connectivity index (χ1) is 12.7. The van der Waals surface area contributed by atoms with Gasteiger partial charge in [0.25, 0.3) is 0 Å². The lowest BCUT2D eigenvalue weighted by atomic mass is 9.75. The molecule has 3 nitrogen and oxygen atoms in total. The van der Waals surface area contributed by atoms with Gasteiger partial charge in [-0.1, -0.05) is 49.6 Å². The highest BCUT2D eigenvalue weighted by Crippen LogP contribution is 2.36. The van der Waals surface area contributed by atoms with Gasteiger partial charge in [-0.3, -0.25) is 9.59 Å². The summed E-state index contributed by atoms with van der Waals surface area (Å²) in [5.41, 5.74) is 1.29. The monoisotopic (exact) mass is 355 g/mol. The molecule has 1 aromatic carbocycles. The van der Waals surface area contributed by atoms with Gasteiger partial charge in [0.15, 0.2) is 0 Å². The smallest absolute Gasteiger partial charge is 0.222 e. The second-order valence-corrected chi connectivity index (χ2v) is 8.16. The normalized spacial score (nSPS) is 22.7. The maximum absolute atomic E-state index is 12.5. The molecule has 0 N–H and O–H groups in total. The van der Waals surface area contributed by atoms with Crippen LogP contribution in [0.1, 0.15) is 69.8 Å². The minimum Gasteiger partial charge on any atom is -0.342 e. The molecule has 3 rings (SSSR count). The number of hydrogen-bond acceptors (Lipinski definition) is 2. The Morgan fingerprint density at radius 2 is 1.62 bits per heavy atom. The molecule has 1 aliphatic carbocycles. The van der Waals surface area contributed by atoms with Gasteiger partial charge in [0.05, 0.1) is 0 Å². The summed E-state index contributed by atoms with van der Waals surface area (Å²) in [5.74, 6) is 2.17. The first-order valence-electron chi connectivity index (χ1n) is 10.6. The number of rotatable bonds is 8. The molecular formula is C23H33NO2. The van der Waals surface area contributed by atoms with Crippen molar-refractivity contribution in [3.8, 4) is 0 Å². The Labute approximate surface area is 158 Å². The van der Waals surface area contributed by atoms with Crippen LogP contribution in [0.15, 0.2) is 30.3 Å². The summed E-state index contributed by atoms with van der Waals surface area (Å²) in [6.45, 7) is 1.90. The molecule has 1 aliphatic heterocycles. The molecule has 1 amide bonds. The standard InChI is InChI=1S/C23H33NO2/c25-22(13-6-10-19-8-2-1-3-9-19)14-7-15-23(26)24-17-16-20-11-4-5-12-21(20)18-24/h1-3,8-9,20-21H,4-7,10-18H2. The minimum atomic E-state index is 0.270. The van der Waals surface area contributed by atoms with E-state index >= 15 is 0 Å². The first kappa shape index (κ1) is 19.1. The molecule has 0 spiro atoms. The lowest BCUT2D eigenvalue weighted by Gasteiger charge is -2.41. The van der Waals surface area contributed by atoms with Gasteiger partial charge in [0, 0.05) is 32.4 Å². The zero-order valence-electron chi connectivity index (χ0n) is 16.0. The van der Waals surface area contributed by atoms with Gasteiger partial charge in [-0.15, -0.1) is 0 Å². The fourth-order valence-electron chi connectivity index (χ4n) is 4.68. The second kappa shape index (κ2) is 9.89. The summed E-state index contributed by atoms with van der Waals surface area (Å²) in [6.07, 6.45) is 10.9. The maximum atomic E-state index is 12.5. The largest absolute Gasteiger partial charge is 0.342 e. The predicted octanol–water partition coefficient (Wildman–Crippen LogP) is 4.79. The number of benzene rings is 1. The number of hydrogen-bond donors (Lipinski definition) is 0. The fraction of sp³-hybridized carbons (Fsp3) is 0.652. The zero-order chi connectivity index (χ0) is 18.2. The molecule has 2 aliphatic rings. The van der Waals surface area contributed by atoms with Crippen LogP contribution >= 0.6 is 0 Å². The van der Waals surface area contributed by atoms with Crippen molar-refractivity contribution in [2.45, 2.75) is 70.6 Å². The Bertz CT molecular complexity index is 583. The summed E-state index contributed by atoms with van der Waals surface area (Å²) < 4.78 is 0. The summed E-state index contributed by atoms with van der Waals surface area (Å²) in [4.78, 5) is 26.6. The van der Waals surface area contributed by atoms with E-state index in [2.05, 4.69) is 17.0 Å². The average molecular weight is 356 g/mol. The van der Waals surface area contributed by atoms with E-state index in [0.29, 0.717) is 31.5 Å². The van der Waals surface area contributed by atoms with Gasteiger partial charge in [0.1, 0.15) is 5.78 Å². The molecule has 26 heavy (non-hydrogen) atoms. The van der Waals surface area contributed by atoms with Crippen LogP contribution in [0.5, 0.6) is 0 Å². The minimum absolute atomic E-state index is 0.270. The van der Waals surface area contributed by atoms with Crippen molar-refractivity contribution >= 4 is 11.7 Å². The van der Waals surface area contributed by atoms with Crippen LogP contribution in [0.25, 0.3) is 0 Å². The van der Waals surface area contributed by atoms with Crippen molar-refractivity contribution in [1.82, 2.24) is 4.90 Å². The number of ketones is 1. The van der Waals surface area contributed by atoms with Gasteiger partial charge < -0.3 is 4.90 Å². The Kier molecular flexibility index (Phi) is 7.28. The van der Waals surface area contributed by atoms with Crippen LogP contribution in [-0.2, 0) is 16.0 Å². The van der Waals surface area contributed by atoms with Crippen molar-refractivity contribution in [1.29, 1.82) is 0 Å². The van der Waals surface area contributed by atoms with E-state index in [1.54, 1.807) is 0 Å². The lowest BCUT2D eigenvalue weighted by Crippen LogP contribution is -2.44. The predicted molar refractivity (Wildman–Crippen MR) is 105 cm³/mol. The van der Waals surface area contributed by atoms with Crippen molar-refractivity contribution in [3.05, 3.63) is 35.9 Å². The molecule has 142 valence electrons. The van der Waals surface area contributed by atoms with Crippen LogP contribution in [0.2, 0.25) is 0 Å². The highest BCUT2D eigenvalue weighted by Gasteiger charge is 2.32. The van der Waals surface area contributed by atoms with Crippen LogP contribution in [-0.4, -0.2) is 29.7 Å². The number of carbonyl (C=O) groups is 2. The van der Waals surface area contributed by atoms with E-state index in [-0.39, 0.29) is 5.91 Å². The molecule has 0 radical (unpaired) electrons. The number of fused-ring (bicyclic) bond motifs is 1. The molecule has 2 fully saturated rings. The lowest BCUT2D eigenvalue weighted by molar-refractivity contribution is -0.134. The second-order valence-electron chi connectivity index (χ2n) is 8.16. The molecule has 1 saturated heterocycles. The van der Waals surface area contributed by atoms with Crippen molar-refractivity contribution < 1.29 is 9.59 Å². The summed E-state index contributed by atoms with van der Waals surface area (Å²) >= 11 is 0. The number of amides is 1. The van der Waals surface area contributed by atoms with E-state index in [1.807, 2.05) is 18.2 Å². The Hall–Kier alpha value is -1.64. The van der Waals surface area contributed by atoms with Crippen molar-refractivity contribution in [3.63, 3.8) is 0 Å². The van der Waals surface area contributed by atoms with Crippen LogP contribution < -0.4 is 0 Å². The average Bonchev–Trinajstić information content (AvgIpc) is 2.68. The highest BCUT2D eigenvalue weighted by atomic mass is 16.2. The molecule has 3 heteroatoms. The van der Waals surface area contributed by atoms with Gasteiger partial charge in [-0.05, 0) is 49.5 Å². The van der Waals surface area contributed by atoms with Crippen LogP contribution in [0.3, 0.4) is 0 Å². The third kappa shape index (κ3) is 5.69. The number of nitrogens with zero attached hydrogens (tertiary/aromatic N) is 1. The van der Waals surface area contributed by atoms with E-state index < -0.39 is 0 Å². The zero-order valence-corrected chi connectivity index (χ0v) is 16.0. The summed E-state index contributed by atoms with van der Waals surface area (Å²) in [7, 11) is 0. The van der Waals surface area contributed by atoms with Crippen LogP contribution in [0.4, 0.5) is 0 Å². The van der Waals surface area contributed by atoms with E-state index in [0.717, 1.165) is 37.8 Å². The van der Waals surface area contributed by atoms with Gasteiger partial charge in [-0.2, -0.15) is 0 Å². The SMILES string of the molecule is O=C(CCCC(=O)N1CCC2CCCCC2C1)CCCc1ccccc1. The number of aryl methyl sites for hydroxylation is 1. The Morgan fingerprint density at radius 3 is 2.42 bits per heavy atom. The fourth-order valence-corrected chi connectivity index (χ4v) is 4.68. The van der Waals surface area contributed by atoms with Gasteiger partial charge in [0.2, 0.25) is 5.91 Å². The number of piperidine rings is 1. The topological polar surface area (TPSA) is 37.4 Å². The molecule has 2 unspecified atom stereocenters. The number of carbonyl (C=O) groups excluding carboxylic acids is 2. The molecule has 1 aromatic rings. The molecule has 0 aromatic heterocycles. The van der Waals surface area contributed by atoms with Crippen molar-refractivity contribution in [2.75, 3.05) is 13.1 Å². The molecule has 0 bridgehead atoms. The van der Waals surface area contributed by atoms with E-state index in [9.17, 15) is 9.59 Å².